The van der Waals surface area contributed by atoms with Gasteiger partial charge >= 0.3 is 5.97 Å². The molecule has 5 nitrogen and oxygen atoms in total. The molecular formula is C12H25NO4S2. The Balaban J connectivity index is 4.38. The number of carbonyl (C=O) groups excluding carboxylic acids is 1. The van der Waals surface area contributed by atoms with Crippen LogP contribution < -0.4 is 5.32 Å². The number of hydrogen-bond donors (Lipinski definition) is 1. The summed E-state index contributed by atoms with van der Waals surface area (Å²) in [6, 6.07) is 0. The van der Waals surface area contributed by atoms with E-state index in [1.54, 1.807) is 13.8 Å². The van der Waals surface area contributed by atoms with E-state index < -0.39 is 15.4 Å². The lowest BCUT2D eigenvalue weighted by molar-refractivity contribution is -0.149. The Hall–Kier alpha value is -0.270. The predicted molar refractivity (Wildman–Crippen MR) is 80.4 cm³/mol. The van der Waals surface area contributed by atoms with E-state index in [1.165, 1.54) is 18.0 Å². The van der Waals surface area contributed by atoms with E-state index in [4.69, 9.17) is 4.74 Å². The van der Waals surface area contributed by atoms with Crippen LogP contribution in [0.25, 0.3) is 0 Å². The molecule has 0 spiro atoms. The summed E-state index contributed by atoms with van der Waals surface area (Å²) in [6.45, 7) is 6.66. The van der Waals surface area contributed by atoms with E-state index in [1.807, 2.05) is 6.92 Å². The summed E-state index contributed by atoms with van der Waals surface area (Å²) in [5.41, 5.74) is -0.756. The predicted octanol–water partition coefficient (Wildman–Crippen LogP) is 1.09. The fourth-order valence-electron chi connectivity index (χ4n) is 1.36. The van der Waals surface area contributed by atoms with Crippen LogP contribution >= 0.6 is 11.8 Å². The van der Waals surface area contributed by atoms with E-state index in [0.29, 0.717) is 18.1 Å². The van der Waals surface area contributed by atoms with Gasteiger partial charge in [-0.3, -0.25) is 4.79 Å². The second kappa shape index (κ2) is 8.81. The summed E-state index contributed by atoms with van der Waals surface area (Å²) in [4.78, 5) is 11.9. The van der Waals surface area contributed by atoms with Gasteiger partial charge in [-0.05, 0) is 26.8 Å². The third-order valence-corrected chi connectivity index (χ3v) is 4.96. The highest BCUT2D eigenvalue weighted by Crippen LogP contribution is 2.16. The van der Waals surface area contributed by atoms with E-state index in [-0.39, 0.29) is 11.7 Å². The first-order chi connectivity index (χ1) is 8.75. The first kappa shape index (κ1) is 18.7. The minimum absolute atomic E-state index is 0.129. The lowest BCUT2D eigenvalue weighted by Crippen LogP contribution is -2.53. The number of rotatable bonds is 10. The lowest BCUT2D eigenvalue weighted by Gasteiger charge is -2.28. The van der Waals surface area contributed by atoms with Gasteiger partial charge in [0, 0.05) is 17.8 Å². The molecule has 0 radical (unpaired) electrons. The van der Waals surface area contributed by atoms with Crippen molar-refractivity contribution in [1.82, 2.24) is 5.32 Å². The Bertz CT molecular complexity index is 370. The molecular weight excluding hydrogens is 286 g/mol. The van der Waals surface area contributed by atoms with Crippen molar-refractivity contribution in [3.63, 3.8) is 0 Å². The van der Waals surface area contributed by atoms with Gasteiger partial charge in [0.05, 0.1) is 12.4 Å². The number of nitrogens with one attached hydrogen (secondary N) is 1. The Kier molecular flexibility index (Phi) is 8.69. The first-order valence-electron chi connectivity index (χ1n) is 6.43. The normalized spacial score (nSPS) is 14.9. The van der Waals surface area contributed by atoms with Gasteiger partial charge in [0.1, 0.15) is 15.4 Å². The number of sulfone groups is 1. The average Bonchev–Trinajstić information content (AvgIpc) is 2.31. The van der Waals surface area contributed by atoms with Crippen molar-refractivity contribution >= 4 is 27.6 Å². The molecule has 1 atom stereocenters. The Labute approximate surface area is 120 Å². The minimum atomic E-state index is -2.95. The van der Waals surface area contributed by atoms with Crippen LogP contribution in [0.2, 0.25) is 0 Å². The highest BCUT2D eigenvalue weighted by molar-refractivity contribution is 8.00. The second-order valence-electron chi connectivity index (χ2n) is 4.66. The van der Waals surface area contributed by atoms with E-state index in [2.05, 4.69) is 5.32 Å². The van der Waals surface area contributed by atoms with Crippen LogP contribution in [0.1, 0.15) is 27.2 Å². The van der Waals surface area contributed by atoms with Gasteiger partial charge in [-0.15, -0.1) is 0 Å². The molecule has 0 fully saturated rings. The molecule has 0 rings (SSSR count). The minimum Gasteiger partial charge on any atom is -0.465 e. The van der Waals surface area contributed by atoms with E-state index >= 15 is 0 Å². The van der Waals surface area contributed by atoms with Crippen LogP contribution in [-0.2, 0) is 19.4 Å². The number of thioether (sulfide) groups is 1. The molecule has 0 saturated carbocycles. The zero-order valence-electron chi connectivity index (χ0n) is 12.2. The fraction of sp³-hybridized carbons (Fsp3) is 0.917. The number of hydrogen-bond acceptors (Lipinski definition) is 6. The summed E-state index contributed by atoms with van der Waals surface area (Å²) in [6.07, 6.45) is 2.14. The molecule has 19 heavy (non-hydrogen) atoms. The highest BCUT2D eigenvalue weighted by Gasteiger charge is 2.33. The van der Waals surface area contributed by atoms with Crippen LogP contribution in [0.15, 0.2) is 0 Å². The molecule has 114 valence electrons. The molecule has 7 heteroatoms. The molecule has 0 aliphatic rings. The van der Waals surface area contributed by atoms with Crippen LogP contribution in [-0.4, -0.2) is 56.6 Å². The fourth-order valence-corrected chi connectivity index (χ4v) is 3.81. The molecule has 0 aromatic heterocycles. The maximum absolute atomic E-state index is 11.9. The van der Waals surface area contributed by atoms with Crippen molar-refractivity contribution < 1.29 is 17.9 Å². The van der Waals surface area contributed by atoms with Crippen LogP contribution in [0.5, 0.6) is 0 Å². The standard InChI is InChI=1S/C12H25NO4S2/c1-5-7-13-12(3,11(14)17-6-2)10-18-8-9-19(4,15)16/h13H,5-10H2,1-4H3. The molecule has 1 N–H and O–H groups in total. The van der Waals surface area contributed by atoms with Crippen LogP contribution in [0.4, 0.5) is 0 Å². The smallest absolute Gasteiger partial charge is 0.326 e. The van der Waals surface area contributed by atoms with Gasteiger partial charge in [-0.2, -0.15) is 11.8 Å². The van der Waals surface area contributed by atoms with Gasteiger partial charge in [0.2, 0.25) is 0 Å². The van der Waals surface area contributed by atoms with Crippen molar-refractivity contribution in [1.29, 1.82) is 0 Å². The summed E-state index contributed by atoms with van der Waals surface area (Å²) in [7, 11) is -2.95. The largest absolute Gasteiger partial charge is 0.465 e. The summed E-state index contributed by atoms with van der Waals surface area (Å²) >= 11 is 1.45. The topological polar surface area (TPSA) is 72.5 Å². The van der Waals surface area contributed by atoms with Gasteiger partial charge in [-0.25, -0.2) is 8.42 Å². The van der Waals surface area contributed by atoms with Gasteiger partial charge in [0.15, 0.2) is 0 Å². The molecule has 0 saturated heterocycles. The Morgan fingerprint density at radius 2 is 2.00 bits per heavy atom. The van der Waals surface area contributed by atoms with Crippen molar-refractivity contribution in [2.24, 2.45) is 0 Å². The van der Waals surface area contributed by atoms with Crippen molar-refractivity contribution in [2.45, 2.75) is 32.7 Å². The molecule has 0 heterocycles. The quantitative estimate of drug-likeness (QED) is 0.481. The van der Waals surface area contributed by atoms with Crippen molar-refractivity contribution in [3.8, 4) is 0 Å². The third kappa shape index (κ3) is 8.49. The average molecular weight is 311 g/mol. The molecule has 0 aromatic carbocycles. The molecule has 0 bridgehead atoms. The molecule has 0 amide bonds. The number of ether oxygens (including phenoxy) is 1. The van der Waals surface area contributed by atoms with Gasteiger partial charge in [-0.1, -0.05) is 6.92 Å². The van der Waals surface area contributed by atoms with Crippen molar-refractivity contribution in [3.05, 3.63) is 0 Å². The molecule has 0 aromatic rings. The summed E-state index contributed by atoms with van der Waals surface area (Å²) in [5.74, 6) is 0.836. The summed E-state index contributed by atoms with van der Waals surface area (Å²) < 4.78 is 27.2. The first-order valence-corrected chi connectivity index (χ1v) is 9.64. The monoisotopic (exact) mass is 311 g/mol. The lowest BCUT2D eigenvalue weighted by atomic mass is 10.1. The van der Waals surface area contributed by atoms with Gasteiger partial charge in [0.25, 0.3) is 0 Å². The maximum atomic E-state index is 11.9. The second-order valence-corrected chi connectivity index (χ2v) is 8.03. The zero-order chi connectivity index (χ0) is 14.9. The van der Waals surface area contributed by atoms with Crippen LogP contribution in [0.3, 0.4) is 0 Å². The van der Waals surface area contributed by atoms with Gasteiger partial charge < -0.3 is 10.1 Å². The molecule has 1 unspecified atom stereocenters. The Morgan fingerprint density at radius 1 is 1.37 bits per heavy atom. The highest BCUT2D eigenvalue weighted by atomic mass is 32.2. The molecule has 0 aliphatic carbocycles. The molecule has 0 aliphatic heterocycles. The third-order valence-electron chi connectivity index (χ3n) is 2.48. The number of carbonyl (C=O) groups is 1. The SMILES string of the molecule is CCCNC(C)(CSCCS(C)(=O)=O)C(=O)OCC. The maximum Gasteiger partial charge on any atom is 0.326 e. The van der Waals surface area contributed by atoms with Crippen molar-refractivity contribution in [2.75, 3.05) is 36.7 Å². The van der Waals surface area contributed by atoms with Crippen LogP contribution in [0, 0.1) is 0 Å². The number of esters is 1. The van der Waals surface area contributed by atoms with E-state index in [9.17, 15) is 13.2 Å². The Morgan fingerprint density at radius 3 is 2.47 bits per heavy atom. The van der Waals surface area contributed by atoms with E-state index in [0.717, 1.165) is 13.0 Å². The summed E-state index contributed by atoms with van der Waals surface area (Å²) in [5, 5.41) is 3.18. The zero-order valence-corrected chi connectivity index (χ0v) is 13.8.